The first kappa shape index (κ1) is 21.7. The first-order valence-electron chi connectivity index (χ1n) is 9.04. The van der Waals surface area contributed by atoms with Crippen LogP contribution in [-0.2, 0) is 14.6 Å². The van der Waals surface area contributed by atoms with Crippen molar-refractivity contribution in [2.45, 2.75) is 29.1 Å². The van der Waals surface area contributed by atoms with Gasteiger partial charge in [0, 0.05) is 11.6 Å². The number of nitrogens with one attached hydrogen (secondary N) is 1. The maximum Gasteiger partial charge on any atom is 0.271 e. The van der Waals surface area contributed by atoms with Gasteiger partial charge in [0.1, 0.15) is 16.4 Å². The molecule has 0 saturated heterocycles. The Balaban J connectivity index is 1.64. The highest BCUT2D eigenvalue weighted by molar-refractivity contribution is 7.92. The minimum atomic E-state index is -3.41. The summed E-state index contributed by atoms with van der Waals surface area (Å²) in [7, 11) is -3.41. The van der Waals surface area contributed by atoms with Crippen LogP contribution < -0.4 is 10.1 Å². The van der Waals surface area contributed by atoms with Crippen LogP contribution in [0.3, 0.4) is 0 Å². The third kappa shape index (κ3) is 4.86. The van der Waals surface area contributed by atoms with Gasteiger partial charge in [-0.25, -0.2) is 22.2 Å². The van der Waals surface area contributed by atoms with Gasteiger partial charge in [0.2, 0.25) is 6.10 Å². The van der Waals surface area contributed by atoms with Crippen LogP contribution in [0.2, 0.25) is 4.34 Å². The van der Waals surface area contributed by atoms with E-state index in [4.69, 9.17) is 16.3 Å². The molecule has 1 amide bonds. The number of carbonyl (C=O) groups excluding carboxylic acids is 1. The standard InChI is InChI=1S/C20H14ClF2N2O4S2/c21-17-10-24-20(30-17)25-19(26)18(29-16-8-3-12(22)9-15(16)23)11-1-4-13(5-2-11)31(27,28)14-6-7-14/h1-5,8-9,14,18H,6-7H2,(H,24,25,26). The second-order valence-corrected chi connectivity index (χ2v) is 10.6. The Labute approximate surface area is 185 Å². The number of sulfone groups is 1. The van der Waals surface area contributed by atoms with E-state index in [0.717, 1.165) is 23.5 Å². The molecule has 11 heteroatoms. The van der Waals surface area contributed by atoms with Crippen LogP contribution in [0.1, 0.15) is 24.5 Å². The molecular weight excluding hydrogens is 470 g/mol. The minimum Gasteiger partial charge on any atom is -0.473 e. The molecule has 1 aliphatic rings. The predicted octanol–water partition coefficient (Wildman–Crippen LogP) is 4.57. The zero-order valence-corrected chi connectivity index (χ0v) is 18.0. The van der Waals surface area contributed by atoms with Crippen molar-refractivity contribution in [2.75, 3.05) is 5.32 Å². The topological polar surface area (TPSA) is 85.4 Å². The summed E-state index contributed by atoms with van der Waals surface area (Å²) in [5, 5.41) is 2.27. The van der Waals surface area contributed by atoms with Crippen molar-refractivity contribution >= 4 is 43.8 Å². The maximum absolute atomic E-state index is 14.1. The van der Waals surface area contributed by atoms with Crippen LogP contribution in [0.5, 0.6) is 5.75 Å². The molecule has 1 unspecified atom stereocenters. The van der Waals surface area contributed by atoms with Gasteiger partial charge in [-0.05, 0) is 37.1 Å². The van der Waals surface area contributed by atoms with E-state index in [2.05, 4.69) is 16.5 Å². The molecule has 1 aromatic heterocycles. The molecule has 2 aromatic carbocycles. The highest BCUT2D eigenvalue weighted by atomic mass is 35.5. The van der Waals surface area contributed by atoms with Gasteiger partial charge >= 0.3 is 0 Å². The van der Waals surface area contributed by atoms with E-state index < -0.39 is 33.5 Å². The Kier molecular flexibility index (Phi) is 5.96. The van der Waals surface area contributed by atoms with Crippen LogP contribution in [-0.4, -0.2) is 24.6 Å². The number of hydrogen-bond donors (Lipinski definition) is 1. The molecule has 31 heavy (non-hydrogen) atoms. The summed E-state index contributed by atoms with van der Waals surface area (Å²) in [6.45, 7) is 0. The van der Waals surface area contributed by atoms with Gasteiger partial charge in [-0.15, -0.1) is 0 Å². The van der Waals surface area contributed by atoms with Crippen molar-refractivity contribution in [3.8, 4) is 5.75 Å². The zero-order chi connectivity index (χ0) is 22.2. The average Bonchev–Trinajstić information content (AvgIpc) is 3.51. The lowest BCUT2D eigenvalue weighted by Gasteiger charge is -2.19. The molecule has 3 aromatic rings. The Hall–Kier alpha value is -2.56. The highest BCUT2D eigenvalue weighted by Crippen LogP contribution is 2.34. The number of rotatable bonds is 7. The zero-order valence-electron chi connectivity index (χ0n) is 15.6. The molecule has 161 valence electrons. The van der Waals surface area contributed by atoms with E-state index >= 15 is 0 Å². The van der Waals surface area contributed by atoms with Gasteiger partial charge in [-0.2, -0.15) is 0 Å². The monoisotopic (exact) mass is 483 g/mol. The summed E-state index contributed by atoms with van der Waals surface area (Å²) < 4.78 is 57.9. The highest BCUT2D eigenvalue weighted by Gasteiger charge is 2.37. The van der Waals surface area contributed by atoms with Crippen molar-refractivity contribution in [2.24, 2.45) is 0 Å². The molecule has 1 aliphatic carbocycles. The molecule has 1 atom stereocenters. The fraction of sp³-hybridized carbons (Fsp3) is 0.200. The van der Waals surface area contributed by atoms with Crippen molar-refractivity contribution in [1.29, 1.82) is 0 Å². The van der Waals surface area contributed by atoms with Gasteiger partial charge in [0.15, 0.2) is 26.5 Å². The van der Waals surface area contributed by atoms with Crippen molar-refractivity contribution < 1.29 is 26.7 Å². The molecule has 1 fully saturated rings. The molecule has 0 bridgehead atoms. The Bertz CT molecular complexity index is 1230. The summed E-state index contributed by atoms with van der Waals surface area (Å²) >= 11 is 6.74. The van der Waals surface area contributed by atoms with Gasteiger partial charge in [-0.3, -0.25) is 10.1 Å². The second-order valence-electron chi connectivity index (χ2n) is 6.78. The van der Waals surface area contributed by atoms with E-state index in [0.29, 0.717) is 18.9 Å². The third-order valence-corrected chi connectivity index (χ3v) is 7.76. The van der Waals surface area contributed by atoms with E-state index in [1.807, 2.05) is 0 Å². The SMILES string of the molecule is O=C(Nc1n[c]c(Cl)s1)C(Oc1ccc(F)cc1F)c1ccc(S(=O)(=O)C2CC2)cc1. The van der Waals surface area contributed by atoms with Gasteiger partial charge < -0.3 is 4.74 Å². The van der Waals surface area contributed by atoms with Crippen LogP contribution in [0, 0.1) is 17.8 Å². The van der Waals surface area contributed by atoms with Gasteiger partial charge in [-0.1, -0.05) is 35.1 Å². The summed E-state index contributed by atoms with van der Waals surface area (Å²) in [4.78, 5) is 16.8. The fourth-order valence-corrected chi connectivity index (χ4v) is 5.25. The molecular formula is C20H14ClF2N2O4S2. The smallest absolute Gasteiger partial charge is 0.271 e. The number of ether oxygens (including phenoxy) is 1. The molecule has 6 nitrogen and oxygen atoms in total. The first-order chi connectivity index (χ1) is 14.7. The van der Waals surface area contributed by atoms with Crippen LogP contribution in [0.25, 0.3) is 0 Å². The molecule has 4 rings (SSSR count). The van der Waals surface area contributed by atoms with Gasteiger partial charge in [0.25, 0.3) is 5.91 Å². The Morgan fingerprint density at radius 3 is 2.52 bits per heavy atom. The quantitative estimate of drug-likeness (QED) is 0.532. The molecule has 0 aliphatic heterocycles. The number of amides is 1. The Morgan fingerprint density at radius 1 is 1.23 bits per heavy atom. The number of anilines is 1. The maximum atomic E-state index is 14.1. The lowest BCUT2D eigenvalue weighted by atomic mass is 10.1. The van der Waals surface area contributed by atoms with Crippen LogP contribution in [0.4, 0.5) is 13.9 Å². The number of thiazole rings is 1. The molecule has 1 radical (unpaired) electrons. The van der Waals surface area contributed by atoms with Crippen LogP contribution in [0.15, 0.2) is 47.4 Å². The summed E-state index contributed by atoms with van der Waals surface area (Å²) in [6.07, 6.45) is 2.33. The minimum absolute atomic E-state index is 0.132. The molecule has 1 saturated carbocycles. The van der Waals surface area contributed by atoms with E-state index in [9.17, 15) is 22.0 Å². The largest absolute Gasteiger partial charge is 0.473 e. The number of nitrogens with zero attached hydrogens (tertiary/aromatic N) is 1. The number of benzene rings is 2. The fourth-order valence-electron chi connectivity index (χ4n) is 2.82. The third-order valence-electron chi connectivity index (χ3n) is 4.51. The van der Waals surface area contributed by atoms with Crippen molar-refractivity contribution in [3.63, 3.8) is 0 Å². The van der Waals surface area contributed by atoms with Crippen LogP contribution >= 0.6 is 22.9 Å². The lowest BCUT2D eigenvalue weighted by molar-refractivity contribution is -0.123. The van der Waals surface area contributed by atoms with Gasteiger partial charge in [0.05, 0.1) is 10.1 Å². The predicted molar refractivity (Wildman–Crippen MR) is 111 cm³/mol. The molecule has 0 spiro atoms. The molecule has 1 heterocycles. The number of aromatic nitrogens is 1. The number of hydrogen-bond acceptors (Lipinski definition) is 6. The van der Waals surface area contributed by atoms with E-state index in [1.54, 1.807) is 0 Å². The summed E-state index contributed by atoms with van der Waals surface area (Å²) in [6, 6.07) is 8.28. The number of carbonyl (C=O) groups is 1. The first-order valence-corrected chi connectivity index (χ1v) is 11.8. The van der Waals surface area contributed by atoms with E-state index in [-0.39, 0.29) is 30.9 Å². The number of halogens is 3. The molecule has 1 N–H and O–H groups in total. The Morgan fingerprint density at radius 2 is 1.94 bits per heavy atom. The average molecular weight is 484 g/mol. The summed E-state index contributed by atoms with van der Waals surface area (Å²) in [5.74, 6) is -2.84. The lowest BCUT2D eigenvalue weighted by Crippen LogP contribution is -2.26. The van der Waals surface area contributed by atoms with Crippen molar-refractivity contribution in [3.05, 3.63) is 70.2 Å². The second kappa shape index (κ2) is 8.52. The van der Waals surface area contributed by atoms with E-state index in [1.165, 1.54) is 24.3 Å². The normalized spacial score (nSPS) is 14.8. The summed E-state index contributed by atoms with van der Waals surface area (Å²) in [5.41, 5.74) is 0.266. The van der Waals surface area contributed by atoms with Crippen molar-refractivity contribution in [1.82, 2.24) is 4.98 Å².